The fraction of sp³-hybridized carbons (Fsp3) is 0.455. The Bertz CT molecular complexity index is 1600. The van der Waals surface area contributed by atoms with Gasteiger partial charge in [-0.25, -0.2) is 9.78 Å². The third-order valence-corrected chi connectivity index (χ3v) is 8.86. The quantitative estimate of drug-likeness (QED) is 0.214. The second kappa shape index (κ2) is 9.88. The van der Waals surface area contributed by atoms with Gasteiger partial charge in [0.25, 0.3) is 0 Å². The first-order valence-corrected chi connectivity index (χ1v) is 14.7. The molecule has 8 heteroatoms. The molecule has 2 aliphatic rings. The second-order valence-electron chi connectivity index (χ2n) is 13.5. The number of nitrogens with zero attached hydrogens (tertiary/aromatic N) is 1. The van der Waals surface area contributed by atoms with E-state index in [1.54, 1.807) is 0 Å². The zero-order valence-corrected chi connectivity index (χ0v) is 25.1. The van der Waals surface area contributed by atoms with Crippen LogP contribution in [-0.4, -0.2) is 46.0 Å². The Morgan fingerprint density at radius 2 is 1.63 bits per heavy atom. The summed E-state index contributed by atoms with van der Waals surface area (Å²) in [5.74, 6) is 1.05. The molecule has 0 bridgehead atoms. The van der Waals surface area contributed by atoms with Crippen LogP contribution < -0.4 is 10.8 Å². The average Bonchev–Trinajstić information content (AvgIpc) is 3.60. The van der Waals surface area contributed by atoms with Crippen LogP contribution in [-0.2, 0) is 14.0 Å². The van der Waals surface area contributed by atoms with Gasteiger partial charge in [-0.2, -0.15) is 0 Å². The lowest BCUT2D eigenvalue weighted by molar-refractivity contribution is 0.00578. The number of benzene rings is 3. The highest BCUT2D eigenvalue weighted by atomic mass is 16.7. The van der Waals surface area contributed by atoms with Gasteiger partial charge in [0, 0.05) is 17.5 Å². The number of aromatic nitrogens is 2. The molecular weight excluding hydrogens is 513 g/mol. The maximum absolute atomic E-state index is 12.4. The van der Waals surface area contributed by atoms with E-state index in [-0.39, 0.29) is 36.4 Å². The van der Waals surface area contributed by atoms with Gasteiger partial charge in [-0.3, -0.25) is 0 Å². The highest BCUT2D eigenvalue weighted by Gasteiger charge is 2.51. The smallest absolute Gasteiger partial charge is 0.444 e. The summed E-state index contributed by atoms with van der Waals surface area (Å²) < 4.78 is 18.0. The van der Waals surface area contributed by atoms with Crippen molar-refractivity contribution in [3.05, 3.63) is 60.6 Å². The van der Waals surface area contributed by atoms with E-state index in [1.807, 2.05) is 27.0 Å². The number of carbonyl (C=O) groups is 1. The van der Waals surface area contributed by atoms with Gasteiger partial charge in [0.05, 0.1) is 23.1 Å². The van der Waals surface area contributed by atoms with Gasteiger partial charge < -0.3 is 24.3 Å². The van der Waals surface area contributed by atoms with E-state index in [1.165, 1.54) is 16.2 Å². The molecule has 2 heterocycles. The molecule has 4 aromatic rings. The predicted molar refractivity (Wildman–Crippen MR) is 165 cm³/mol. The molecule has 1 aliphatic heterocycles. The van der Waals surface area contributed by atoms with Crippen molar-refractivity contribution in [1.29, 1.82) is 0 Å². The molecule has 0 radical (unpaired) electrons. The second-order valence-corrected chi connectivity index (χ2v) is 13.5. The van der Waals surface area contributed by atoms with Crippen LogP contribution in [0.4, 0.5) is 4.79 Å². The number of H-pyrrole nitrogens is 1. The molecule has 2 atom stereocenters. The standard InChI is InChI=1S/C33H40BN3O4/c1-31(2,3)39-30(38)37-27-10-8-9-26(27)29-35-19-28(36-29)22-13-15-24-20(17-22)11-12-21-18-23(14-16-25(21)24)34-40-32(4,5)33(6,7)41-34/h11-19,26-27H,8-10H2,1-7H3,(H,35,36)(H,37,38)/t26-,27-/m0/s1. The summed E-state index contributed by atoms with van der Waals surface area (Å²) in [6.07, 6.45) is 4.47. The van der Waals surface area contributed by atoms with Gasteiger partial charge in [0.2, 0.25) is 0 Å². The molecule has 41 heavy (non-hydrogen) atoms. The minimum atomic E-state index is -0.521. The number of alkyl carbamates (subject to hydrolysis) is 1. The number of hydrogen-bond acceptors (Lipinski definition) is 5. The molecule has 6 rings (SSSR count). The molecule has 7 nitrogen and oxygen atoms in total. The molecule has 1 saturated heterocycles. The minimum absolute atomic E-state index is 0.00823. The van der Waals surface area contributed by atoms with Crippen molar-refractivity contribution in [1.82, 2.24) is 15.3 Å². The number of hydrogen-bond donors (Lipinski definition) is 2. The van der Waals surface area contributed by atoms with Crippen molar-refractivity contribution in [2.45, 2.75) is 96.5 Å². The Labute approximate surface area is 242 Å². The van der Waals surface area contributed by atoms with Crippen LogP contribution in [0, 0.1) is 0 Å². The van der Waals surface area contributed by atoms with Gasteiger partial charge in [0.1, 0.15) is 11.4 Å². The average molecular weight is 554 g/mol. The number of nitrogens with one attached hydrogen (secondary N) is 2. The zero-order chi connectivity index (χ0) is 29.2. The first-order chi connectivity index (χ1) is 19.3. The summed E-state index contributed by atoms with van der Waals surface area (Å²) in [5.41, 5.74) is 1.83. The van der Waals surface area contributed by atoms with Gasteiger partial charge in [-0.1, -0.05) is 48.9 Å². The Kier molecular flexibility index (Phi) is 6.70. The minimum Gasteiger partial charge on any atom is -0.444 e. The summed E-state index contributed by atoms with van der Waals surface area (Å²) in [5, 5.41) is 7.79. The van der Waals surface area contributed by atoms with Crippen LogP contribution in [0.1, 0.15) is 79.5 Å². The predicted octanol–water partition coefficient (Wildman–Crippen LogP) is 6.84. The third kappa shape index (κ3) is 5.35. The lowest BCUT2D eigenvalue weighted by atomic mass is 9.78. The van der Waals surface area contributed by atoms with Crippen molar-refractivity contribution in [3.8, 4) is 11.3 Å². The SMILES string of the molecule is CC(C)(C)OC(=O)N[C@H]1CCC[C@@H]1c1ncc(-c2ccc3c(ccc4cc(B5OC(C)(C)C(C)(C)O5)ccc43)c2)[nH]1. The third-order valence-electron chi connectivity index (χ3n) is 8.86. The molecule has 1 aromatic heterocycles. The van der Waals surface area contributed by atoms with E-state index >= 15 is 0 Å². The lowest BCUT2D eigenvalue weighted by Crippen LogP contribution is -2.41. The number of ether oxygens (including phenoxy) is 1. The van der Waals surface area contributed by atoms with Crippen molar-refractivity contribution in [2.24, 2.45) is 0 Å². The number of imidazole rings is 1. The summed E-state index contributed by atoms with van der Waals surface area (Å²) in [6, 6.07) is 17.3. The monoisotopic (exact) mass is 553 g/mol. The number of aromatic amines is 1. The van der Waals surface area contributed by atoms with Crippen LogP contribution in [0.5, 0.6) is 0 Å². The van der Waals surface area contributed by atoms with E-state index in [9.17, 15) is 4.79 Å². The fourth-order valence-electron chi connectivity index (χ4n) is 5.97. The Morgan fingerprint density at radius 1 is 0.976 bits per heavy atom. The molecule has 1 aliphatic carbocycles. The summed E-state index contributed by atoms with van der Waals surface area (Å²) in [4.78, 5) is 20.7. The van der Waals surface area contributed by atoms with Crippen molar-refractivity contribution < 1.29 is 18.8 Å². The van der Waals surface area contributed by atoms with Crippen molar-refractivity contribution in [3.63, 3.8) is 0 Å². The van der Waals surface area contributed by atoms with Gasteiger partial charge in [-0.05, 0) is 94.4 Å². The Morgan fingerprint density at radius 3 is 2.32 bits per heavy atom. The number of carbonyl (C=O) groups excluding carboxylic acids is 1. The van der Waals surface area contributed by atoms with Crippen LogP contribution in [0.2, 0.25) is 0 Å². The van der Waals surface area contributed by atoms with E-state index in [2.05, 4.69) is 86.5 Å². The molecular formula is C33H40BN3O4. The Balaban J connectivity index is 1.22. The van der Waals surface area contributed by atoms with E-state index in [0.29, 0.717) is 0 Å². The largest absolute Gasteiger partial charge is 0.494 e. The molecule has 2 N–H and O–H groups in total. The fourth-order valence-corrected chi connectivity index (χ4v) is 5.97. The van der Waals surface area contributed by atoms with Crippen LogP contribution in [0.25, 0.3) is 32.8 Å². The van der Waals surface area contributed by atoms with E-state index in [0.717, 1.165) is 47.2 Å². The maximum Gasteiger partial charge on any atom is 0.494 e. The summed E-state index contributed by atoms with van der Waals surface area (Å²) >= 11 is 0. The van der Waals surface area contributed by atoms with Gasteiger partial charge in [-0.15, -0.1) is 0 Å². The normalized spacial score (nSPS) is 22.0. The molecule has 1 saturated carbocycles. The molecule has 0 spiro atoms. The molecule has 3 aromatic carbocycles. The van der Waals surface area contributed by atoms with Crippen molar-refractivity contribution >= 4 is 40.2 Å². The number of fused-ring (bicyclic) bond motifs is 3. The summed E-state index contributed by atoms with van der Waals surface area (Å²) in [6.45, 7) is 13.9. The highest BCUT2D eigenvalue weighted by molar-refractivity contribution is 6.62. The number of rotatable bonds is 4. The van der Waals surface area contributed by atoms with Gasteiger partial charge in [0.15, 0.2) is 0 Å². The molecule has 2 fully saturated rings. The first kappa shape index (κ1) is 27.8. The molecule has 1 amide bonds. The van der Waals surface area contributed by atoms with Crippen molar-refractivity contribution in [2.75, 3.05) is 0 Å². The number of amides is 1. The molecule has 214 valence electrons. The zero-order valence-electron chi connectivity index (χ0n) is 25.1. The van der Waals surface area contributed by atoms with E-state index in [4.69, 9.17) is 19.0 Å². The van der Waals surface area contributed by atoms with E-state index < -0.39 is 5.60 Å². The maximum atomic E-state index is 12.4. The van der Waals surface area contributed by atoms with Crippen LogP contribution >= 0.6 is 0 Å². The topological polar surface area (TPSA) is 85.5 Å². The highest BCUT2D eigenvalue weighted by Crippen LogP contribution is 2.38. The lowest BCUT2D eigenvalue weighted by Gasteiger charge is -2.32. The van der Waals surface area contributed by atoms with Gasteiger partial charge >= 0.3 is 13.2 Å². The molecule has 0 unspecified atom stereocenters. The van der Waals surface area contributed by atoms with Crippen LogP contribution in [0.15, 0.2) is 54.7 Å². The summed E-state index contributed by atoms with van der Waals surface area (Å²) in [7, 11) is -0.379. The Hall–Kier alpha value is -3.36. The first-order valence-electron chi connectivity index (χ1n) is 14.7. The van der Waals surface area contributed by atoms with Crippen LogP contribution in [0.3, 0.4) is 0 Å².